The normalized spacial score (nSPS) is 16.9. The van der Waals surface area contributed by atoms with Crippen molar-refractivity contribution in [3.63, 3.8) is 0 Å². The van der Waals surface area contributed by atoms with Gasteiger partial charge in [-0.1, -0.05) is 26.0 Å². The Bertz CT molecular complexity index is 1050. The van der Waals surface area contributed by atoms with Crippen LogP contribution in [-0.4, -0.2) is 27.5 Å². The summed E-state index contributed by atoms with van der Waals surface area (Å²) in [6, 6.07) is 11.4. The molecule has 1 aromatic carbocycles. The van der Waals surface area contributed by atoms with Crippen molar-refractivity contribution in [3.8, 4) is 17.1 Å². The number of aromatic nitrogens is 3. The lowest BCUT2D eigenvalue weighted by Gasteiger charge is -2.36. The molecule has 0 bridgehead atoms. The maximum atomic E-state index is 12.8. The van der Waals surface area contributed by atoms with E-state index in [1.165, 1.54) is 0 Å². The second kappa shape index (κ2) is 8.84. The molecule has 2 aromatic heterocycles. The Kier molecular flexibility index (Phi) is 5.98. The number of benzene rings is 1. The number of ether oxygens (including phenoxy) is 1. The topological polar surface area (TPSA) is 77.0 Å². The summed E-state index contributed by atoms with van der Waals surface area (Å²) in [5, 5.41) is 3.22. The van der Waals surface area contributed by atoms with Crippen LogP contribution in [0.2, 0.25) is 0 Å². The summed E-state index contributed by atoms with van der Waals surface area (Å²) in [5.41, 5.74) is 3.95. The standard InChI is InChI=1S/C25H28N4O2/c1-4-31-19-7-5-17(6-8-19)13-23(30)28-21-14-25(2,3)15-22-20(21)16-27-24(29-22)18-9-11-26-12-10-18/h5-12,16,21H,4,13-15H2,1-3H3,(H,28,30)/t21-/m0/s1. The quantitative estimate of drug-likeness (QED) is 0.648. The molecular formula is C25H28N4O2. The lowest BCUT2D eigenvalue weighted by atomic mass is 9.74. The van der Waals surface area contributed by atoms with Crippen LogP contribution in [0.25, 0.3) is 11.4 Å². The number of carbonyl (C=O) groups excluding carboxylic acids is 1. The molecule has 1 N–H and O–H groups in total. The predicted octanol–water partition coefficient (Wildman–Crippen LogP) is 4.31. The van der Waals surface area contributed by atoms with Crippen LogP contribution in [0, 0.1) is 5.41 Å². The van der Waals surface area contributed by atoms with Gasteiger partial charge < -0.3 is 10.1 Å². The van der Waals surface area contributed by atoms with E-state index in [0.717, 1.165) is 41.0 Å². The van der Waals surface area contributed by atoms with Crippen LogP contribution in [0.5, 0.6) is 5.75 Å². The molecule has 1 atom stereocenters. The second-order valence-corrected chi connectivity index (χ2v) is 8.75. The third-order valence-corrected chi connectivity index (χ3v) is 5.55. The minimum absolute atomic E-state index is 0.00369. The Labute approximate surface area is 183 Å². The zero-order valence-corrected chi connectivity index (χ0v) is 18.3. The third-order valence-electron chi connectivity index (χ3n) is 5.55. The summed E-state index contributed by atoms with van der Waals surface area (Å²) in [7, 11) is 0. The molecule has 1 aliphatic carbocycles. The molecule has 1 amide bonds. The van der Waals surface area contributed by atoms with Gasteiger partial charge in [0.25, 0.3) is 0 Å². The monoisotopic (exact) mass is 416 g/mol. The van der Waals surface area contributed by atoms with Crippen molar-refractivity contribution in [2.45, 2.75) is 46.1 Å². The Morgan fingerprint density at radius 1 is 1.16 bits per heavy atom. The molecular weight excluding hydrogens is 388 g/mol. The SMILES string of the molecule is CCOc1ccc(CC(=O)N[C@H]2CC(C)(C)Cc3nc(-c4ccncc4)ncc32)cc1. The van der Waals surface area contributed by atoms with Crippen molar-refractivity contribution in [2.24, 2.45) is 5.41 Å². The first kappa shape index (κ1) is 21.0. The van der Waals surface area contributed by atoms with E-state index in [0.29, 0.717) is 18.9 Å². The minimum atomic E-state index is -0.0968. The van der Waals surface area contributed by atoms with Crippen LogP contribution in [0.1, 0.15) is 50.1 Å². The average Bonchev–Trinajstić information content (AvgIpc) is 2.74. The van der Waals surface area contributed by atoms with Gasteiger partial charge in [-0.25, -0.2) is 9.97 Å². The van der Waals surface area contributed by atoms with Gasteiger partial charge in [0.15, 0.2) is 5.82 Å². The van der Waals surface area contributed by atoms with Crippen LogP contribution < -0.4 is 10.1 Å². The van der Waals surface area contributed by atoms with Gasteiger partial charge in [0.1, 0.15) is 5.75 Å². The average molecular weight is 417 g/mol. The molecule has 0 aliphatic heterocycles. The number of hydrogen-bond donors (Lipinski definition) is 1. The first-order valence-electron chi connectivity index (χ1n) is 10.7. The first-order valence-corrected chi connectivity index (χ1v) is 10.7. The predicted molar refractivity (Wildman–Crippen MR) is 120 cm³/mol. The highest BCUT2D eigenvalue weighted by Gasteiger charge is 2.34. The molecule has 4 rings (SSSR count). The summed E-state index contributed by atoms with van der Waals surface area (Å²) >= 11 is 0. The number of fused-ring (bicyclic) bond motifs is 1. The number of nitrogens with zero attached hydrogens (tertiary/aromatic N) is 3. The fourth-order valence-electron chi connectivity index (χ4n) is 4.12. The maximum Gasteiger partial charge on any atom is 0.224 e. The van der Waals surface area contributed by atoms with Crippen LogP contribution in [0.4, 0.5) is 0 Å². The fraction of sp³-hybridized carbons (Fsp3) is 0.360. The van der Waals surface area contributed by atoms with E-state index < -0.39 is 0 Å². The number of rotatable bonds is 6. The number of nitrogens with one attached hydrogen (secondary N) is 1. The second-order valence-electron chi connectivity index (χ2n) is 8.75. The summed E-state index contributed by atoms with van der Waals surface area (Å²) in [6.07, 6.45) is 7.39. The summed E-state index contributed by atoms with van der Waals surface area (Å²) in [6.45, 7) is 7.02. The Hall–Kier alpha value is -3.28. The van der Waals surface area contributed by atoms with Crippen molar-refractivity contribution in [2.75, 3.05) is 6.61 Å². The van der Waals surface area contributed by atoms with Crippen molar-refractivity contribution in [1.82, 2.24) is 20.3 Å². The van der Waals surface area contributed by atoms with Gasteiger partial charge in [-0.3, -0.25) is 9.78 Å². The van der Waals surface area contributed by atoms with Gasteiger partial charge in [0.05, 0.1) is 24.8 Å². The Morgan fingerprint density at radius 3 is 2.61 bits per heavy atom. The molecule has 3 aromatic rings. The number of hydrogen-bond acceptors (Lipinski definition) is 5. The molecule has 6 nitrogen and oxygen atoms in total. The highest BCUT2D eigenvalue weighted by Crippen LogP contribution is 2.40. The lowest BCUT2D eigenvalue weighted by Crippen LogP contribution is -2.37. The van der Waals surface area contributed by atoms with Crippen LogP contribution in [0.15, 0.2) is 55.0 Å². The lowest BCUT2D eigenvalue weighted by molar-refractivity contribution is -0.121. The number of pyridine rings is 1. The van der Waals surface area contributed by atoms with Crippen molar-refractivity contribution in [3.05, 3.63) is 71.8 Å². The molecule has 2 heterocycles. The van der Waals surface area contributed by atoms with Gasteiger partial charge >= 0.3 is 0 Å². The number of amides is 1. The highest BCUT2D eigenvalue weighted by molar-refractivity contribution is 5.79. The smallest absolute Gasteiger partial charge is 0.224 e. The zero-order chi connectivity index (χ0) is 21.8. The van der Waals surface area contributed by atoms with Crippen molar-refractivity contribution >= 4 is 5.91 Å². The van der Waals surface area contributed by atoms with Crippen LogP contribution >= 0.6 is 0 Å². The van der Waals surface area contributed by atoms with E-state index in [2.05, 4.69) is 29.1 Å². The van der Waals surface area contributed by atoms with Gasteiger partial charge in [-0.2, -0.15) is 0 Å². The van der Waals surface area contributed by atoms with Gasteiger partial charge in [0.2, 0.25) is 5.91 Å². The summed E-state index contributed by atoms with van der Waals surface area (Å²) < 4.78 is 5.47. The van der Waals surface area contributed by atoms with E-state index in [-0.39, 0.29) is 17.4 Å². The third kappa shape index (κ3) is 5.08. The zero-order valence-electron chi connectivity index (χ0n) is 18.3. The summed E-state index contributed by atoms with van der Waals surface area (Å²) in [5.74, 6) is 1.51. The number of carbonyl (C=O) groups is 1. The van der Waals surface area contributed by atoms with Gasteiger partial charge in [-0.15, -0.1) is 0 Å². The van der Waals surface area contributed by atoms with E-state index in [4.69, 9.17) is 9.72 Å². The van der Waals surface area contributed by atoms with Crippen molar-refractivity contribution in [1.29, 1.82) is 0 Å². The van der Waals surface area contributed by atoms with Gasteiger partial charge in [0, 0.05) is 29.7 Å². The molecule has 0 saturated heterocycles. The van der Waals surface area contributed by atoms with E-state index in [1.54, 1.807) is 12.4 Å². The Balaban J connectivity index is 1.51. The van der Waals surface area contributed by atoms with Crippen LogP contribution in [-0.2, 0) is 17.6 Å². The van der Waals surface area contributed by atoms with Crippen LogP contribution in [0.3, 0.4) is 0 Å². The molecule has 0 spiro atoms. The molecule has 160 valence electrons. The molecule has 0 radical (unpaired) electrons. The maximum absolute atomic E-state index is 12.8. The van der Waals surface area contributed by atoms with Gasteiger partial charge in [-0.05, 0) is 55.0 Å². The van der Waals surface area contributed by atoms with E-state index in [9.17, 15) is 4.79 Å². The first-order chi connectivity index (χ1) is 14.9. The molecule has 0 fully saturated rings. The molecule has 0 unspecified atom stereocenters. The molecule has 0 saturated carbocycles. The van der Waals surface area contributed by atoms with Crippen molar-refractivity contribution < 1.29 is 9.53 Å². The Morgan fingerprint density at radius 2 is 1.90 bits per heavy atom. The molecule has 31 heavy (non-hydrogen) atoms. The molecule has 1 aliphatic rings. The molecule has 6 heteroatoms. The minimum Gasteiger partial charge on any atom is -0.494 e. The van der Waals surface area contributed by atoms with E-state index in [1.807, 2.05) is 49.5 Å². The fourth-order valence-corrected chi connectivity index (χ4v) is 4.12. The highest BCUT2D eigenvalue weighted by atomic mass is 16.5. The summed E-state index contributed by atoms with van der Waals surface area (Å²) in [4.78, 5) is 26.3. The largest absolute Gasteiger partial charge is 0.494 e. The van der Waals surface area contributed by atoms with E-state index >= 15 is 0 Å².